The van der Waals surface area contributed by atoms with Crippen LogP contribution in [0.1, 0.15) is 11.1 Å². The molecule has 0 atom stereocenters. The van der Waals surface area contributed by atoms with Gasteiger partial charge in [-0.3, -0.25) is 4.98 Å². The third-order valence-electron chi connectivity index (χ3n) is 2.37. The zero-order valence-corrected chi connectivity index (χ0v) is 11.3. The van der Waals surface area contributed by atoms with E-state index in [1.165, 1.54) is 11.1 Å². The van der Waals surface area contributed by atoms with E-state index >= 15 is 0 Å². The van der Waals surface area contributed by atoms with Crippen molar-refractivity contribution in [2.24, 2.45) is 0 Å². The summed E-state index contributed by atoms with van der Waals surface area (Å²) >= 11 is 1.63. The van der Waals surface area contributed by atoms with Gasteiger partial charge in [-0.15, -0.1) is 5.10 Å². The van der Waals surface area contributed by atoms with Crippen LogP contribution in [0.15, 0.2) is 23.6 Å². The van der Waals surface area contributed by atoms with Crippen LogP contribution in [0.2, 0.25) is 0 Å². The molecule has 0 bridgehead atoms. The predicted molar refractivity (Wildman–Crippen MR) is 70.3 cm³/mol. The molecule has 96 valence electrons. The van der Waals surface area contributed by atoms with Gasteiger partial charge in [0, 0.05) is 24.7 Å². The van der Waals surface area contributed by atoms with Crippen LogP contribution >= 0.6 is 11.8 Å². The standard InChI is InChI=1S/C11H16N6S/c1-9-5-10(7-13-6-9)8-18-11-14-15-16-17(11)4-3-12-2/h5-7,12H,3-4,8H2,1-2H3. The molecule has 1 N–H and O–H groups in total. The molecule has 0 saturated heterocycles. The molecule has 0 aliphatic carbocycles. The number of thioether (sulfide) groups is 1. The minimum Gasteiger partial charge on any atom is -0.318 e. The Labute approximate surface area is 110 Å². The Bertz CT molecular complexity index is 498. The maximum atomic E-state index is 4.17. The van der Waals surface area contributed by atoms with E-state index in [4.69, 9.17) is 0 Å². The minimum absolute atomic E-state index is 0.776. The average Bonchev–Trinajstić information content (AvgIpc) is 2.81. The molecular weight excluding hydrogens is 248 g/mol. The summed E-state index contributed by atoms with van der Waals surface area (Å²) in [5.41, 5.74) is 2.35. The molecule has 2 rings (SSSR count). The molecule has 0 aromatic carbocycles. The number of tetrazole rings is 1. The third-order valence-corrected chi connectivity index (χ3v) is 3.40. The first-order chi connectivity index (χ1) is 8.79. The first-order valence-electron chi connectivity index (χ1n) is 5.73. The van der Waals surface area contributed by atoms with E-state index in [1.54, 1.807) is 11.8 Å². The lowest BCUT2D eigenvalue weighted by Gasteiger charge is -2.04. The number of likely N-dealkylation sites (N-methyl/N-ethyl adjacent to an activating group) is 1. The van der Waals surface area contributed by atoms with Gasteiger partial charge in [0.1, 0.15) is 0 Å². The van der Waals surface area contributed by atoms with Crippen LogP contribution in [-0.4, -0.2) is 38.8 Å². The zero-order valence-electron chi connectivity index (χ0n) is 10.5. The fourth-order valence-corrected chi connectivity index (χ4v) is 2.33. The van der Waals surface area contributed by atoms with Crippen LogP contribution in [-0.2, 0) is 12.3 Å². The molecule has 0 aliphatic heterocycles. The van der Waals surface area contributed by atoms with E-state index in [-0.39, 0.29) is 0 Å². The Morgan fingerprint density at radius 3 is 3.06 bits per heavy atom. The van der Waals surface area contributed by atoms with E-state index in [0.717, 1.165) is 24.0 Å². The Morgan fingerprint density at radius 2 is 2.28 bits per heavy atom. The zero-order chi connectivity index (χ0) is 12.8. The maximum Gasteiger partial charge on any atom is 0.209 e. The molecule has 0 unspecified atom stereocenters. The highest BCUT2D eigenvalue weighted by molar-refractivity contribution is 7.98. The second-order valence-electron chi connectivity index (χ2n) is 3.95. The summed E-state index contributed by atoms with van der Waals surface area (Å²) in [5.74, 6) is 0.828. The summed E-state index contributed by atoms with van der Waals surface area (Å²) < 4.78 is 1.81. The van der Waals surface area contributed by atoms with Gasteiger partial charge in [0.15, 0.2) is 0 Å². The van der Waals surface area contributed by atoms with E-state index in [2.05, 4.69) is 31.9 Å². The topological polar surface area (TPSA) is 68.5 Å². The first-order valence-corrected chi connectivity index (χ1v) is 6.72. The number of aromatic nitrogens is 5. The molecule has 0 aliphatic rings. The molecule has 0 saturated carbocycles. The first kappa shape index (κ1) is 13.0. The summed E-state index contributed by atoms with van der Waals surface area (Å²) in [6, 6.07) is 2.13. The van der Waals surface area contributed by atoms with Crippen molar-refractivity contribution in [2.75, 3.05) is 13.6 Å². The largest absolute Gasteiger partial charge is 0.318 e. The molecule has 2 aromatic rings. The molecule has 2 heterocycles. The lowest BCUT2D eigenvalue weighted by atomic mass is 10.2. The quantitative estimate of drug-likeness (QED) is 0.781. The minimum atomic E-state index is 0.776. The van der Waals surface area contributed by atoms with E-state index in [9.17, 15) is 0 Å². The summed E-state index contributed by atoms with van der Waals surface area (Å²) in [6.45, 7) is 3.67. The molecule has 7 heteroatoms. The van der Waals surface area contributed by atoms with Crippen molar-refractivity contribution in [1.29, 1.82) is 0 Å². The molecule has 2 aromatic heterocycles. The number of pyridine rings is 1. The van der Waals surface area contributed by atoms with Gasteiger partial charge in [0.2, 0.25) is 5.16 Å². The van der Waals surface area contributed by atoms with Gasteiger partial charge < -0.3 is 5.32 Å². The molecule has 6 nitrogen and oxygen atoms in total. The number of hydrogen-bond acceptors (Lipinski definition) is 6. The molecule has 0 spiro atoms. The van der Waals surface area contributed by atoms with Gasteiger partial charge >= 0.3 is 0 Å². The Morgan fingerprint density at radius 1 is 1.39 bits per heavy atom. The summed E-state index contributed by atoms with van der Waals surface area (Å²) in [4.78, 5) is 4.17. The lowest BCUT2D eigenvalue weighted by Crippen LogP contribution is -2.16. The summed E-state index contributed by atoms with van der Waals surface area (Å²) in [6.07, 6.45) is 3.73. The second-order valence-corrected chi connectivity index (χ2v) is 4.89. The Kier molecular flexibility index (Phi) is 4.66. The van der Waals surface area contributed by atoms with Gasteiger partial charge in [0.25, 0.3) is 0 Å². The van der Waals surface area contributed by atoms with Crippen LogP contribution in [0.5, 0.6) is 0 Å². The fraction of sp³-hybridized carbons (Fsp3) is 0.455. The molecule has 0 amide bonds. The molecular formula is C11H16N6S. The van der Waals surface area contributed by atoms with Crippen molar-refractivity contribution in [1.82, 2.24) is 30.5 Å². The Hall–Kier alpha value is -1.47. The highest BCUT2D eigenvalue weighted by Crippen LogP contribution is 2.19. The average molecular weight is 264 g/mol. The van der Waals surface area contributed by atoms with Gasteiger partial charge in [0.05, 0.1) is 6.54 Å². The van der Waals surface area contributed by atoms with Crippen LogP contribution < -0.4 is 5.32 Å². The second kappa shape index (κ2) is 6.46. The van der Waals surface area contributed by atoms with Crippen LogP contribution in [0.25, 0.3) is 0 Å². The van der Waals surface area contributed by atoms with Crippen molar-refractivity contribution in [2.45, 2.75) is 24.4 Å². The monoisotopic (exact) mass is 264 g/mol. The maximum absolute atomic E-state index is 4.17. The summed E-state index contributed by atoms with van der Waals surface area (Å²) in [5, 5.41) is 15.6. The van der Waals surface area contributed by atoms with Crippen LogP contribution in [0.4, 0.5) is 0 Å². The van der Waals surface area contributed by atoms with Crippen LogP contribution in [0.3, 0.4) is 0 Å². The number of nitrogens with one attached hydrogen (secondary N) is 1. The number of hydrogen-bond donors (Lipinski definition) is 1. The number of aryl methyl sites for hydroxylation is 1. The SMILES string of the molecule is CNCCn1nnnc1SCc1cncc(C)c1. The van der Waals surface area contributed by atoms with Crippen molar-refractivity contribution in [3.63, 3.8) is 0 Å². The van der Waals surface area contributed by atoms with E-state index < -0.39 is 0 Å². The van der Waals surface area contributed by atoms with Crippen molar-refractivity contribution in [3.8, 4) is 0 Å². The summed E-state index contributed by atoms with van der Waals surface area (Å²) in [7, 11) is 1.91. The predicted octanol–water partition coefficient (Wildman–Crippen LogP) is 0.888. The molecule has 0 fully saturated rings. The lowest BCUT2D eigenvalue weighted by molar-refractivity contribution is 0.530. The highest BCUT2D eigenvalue weighted by Gasteiger charge is 2.06. The van der Waals surface area contributed by atoms with Crippen molar-refractivity contribution in [3.05, 3.63) is 29.6 Å². The van der Waals surface area contributed by atoms with Gasteiger partial charge in [-0.25, -0.2) is 4.68 Å². The Balaban J connectivity index is 1.95. The van der Waals surface area contributed by atoms with Gasteiger partial charge in [-0.1, -0.05) is 17.8 Å². The highest BCUT2D eigenvalue weighted by atomic mass is 32.2. The van der Waals surface area contributed by atoms with Crippen LogP contribution in [0, 0.1) is 6.92 Å². The fourth-order valence-electron chi connectivity index (χ4n) is 1.50. The third kappa shape index (κ3) is 3.51. The van der Waals surface area contributed by atoms with E-state index in [0.29, 0.717) is 0 Å². The van der Waals surface area contributed by atoms with Gasteiger partial charge in [-0.2, -0.15) is 0 Å². The normalized spacial score (nSPS) is 10.8. The number of rotatable bonds is 6. The molecule has 0 radical (unpaired) electrons. The number of nitrogens with zero attached hydrogens (tertiary/aromatic N) is 5. The molecule has 18 heavy (non-hydrogen) atoms. The smallest absolute Gasteiger partial charge is 0.209 e. The van der Waals surface area contributed by atoms with Crippen molar-refractivity contribution >= 4 is 11.8 Å². The van der Waals surface area contributed by atoms with Gasteiger partial charge in [-0.05, 0) is 35.5 Å². The van der Waals surface area contributed by atoms with E-state index in [1.807, 2.05) is 31.0 Å². The van der Waals surface area contributed by atoms with Crippen molar-refractivity contribution < 1.29 is 0 Å².